The predicted molar refractivity (Wildman–Crippen MR) is 164 cm³/mol. The molecule has 1 aromatic heterocycles. The van der Waals surface area contributed by atoms with Crippen LogP contribution in [-0.4, -0.2) is 87.0 Å². The van der Waals surface area contributed by atoms with Gasteiger partial charge < -0.3 is 29.9 Å². The number of nitrogens with one attached hydrogen (secondary N) is 2. The number of pyridine rings is 1. The summed E-state index contributed by atoms with van der Waals surface area (Å²) in [5, 5.41) is 7.01. The van der Waals surface area contributed by atoms with Crippen LogP contribution >= 0.6 is 0 Å². The highest BCUT2D eigenvalue weighted by Gasteiger charge is 2.25. The van der Waals surface area contributed by atoms with Crippen LogP contribution in [0.4, 0.5) is 10.6 Å². The summed E-state index contributed by atoms with van der Waals surface area (Å²) in [6, 6.07) is 9.86. The number of carbonyl (C=O) groups excluding carboxylic acids is 2. The maximum absolute atomic E-state index is 13.5. The Morgan fingerprint density at radius 1 is 0.976 bits per heavy atom. The van der Waals surface area contributed by atoms with Crippen LogP contribution in [0.15, 0.2) is 30.3 Å². The Morgan fingerprint density at radius 2 is 1.61 bits per heavy atom. The van der Waals surface area contributed by atoms with Crippen molar-refractivity contribution in [3.05, 3.63) is 35.9 Å². The Bertz CT molecular complexity index is 1150. The summed E-state index contributed by atoms with van der Waals surface area (Å²) in [7, 11) is 4.12. The van der Waals surface area contributed by atoms with Gasteiger partial charge in [-0.05, 0) is 97.4 Å². The van der Waals surface area contributed by atoms with Gasteiger partial charge in [-0.25, -0.2) is 9.78 Å². The quantitative estimate of drug-likeness (QED) is 0.424. The van der Waals surface area contributed by atoms with E-state index in [1.54, 1.807) is 0 Å². The van der Waals surface area contributed by atoms with Crippen molar-refractivity contribution in [1.29, 1.82) is 0 Å². The van der Waals surface area contributed by atoms with E-state index in [0.717, 1.165) is 81.5 Å². The number of aromatic nitrogens is 1. The molecule has 2 fully saturated rings. The maximum atomic E-state index is 13.5. The molecular weight excluding hydrogens is 518 g/mol. The van der Waals surface area contributed by atoms with Gasteiger partial charge >= 0.3 is 6.09 Å². The molecule has 2 amide bonds. The number of para-hydroxylation sites is 1. The SMILES string of the molecule is CN(C)CCOC1CCN(c2cc(C(=O)NC[C@H]3CC[C@H](CNC(=O)OC(C)(C)C)CC3)c3ccccc3n2)CC1. The number of alkyl carbamates (subject to hydrolysis) is 1. The summed E-state index contributed by atoms with van der Waals surface area (Å²) in [5.74, 6) is 1.71. The van der Waals surface area contributed by atoms with Crippen LogP contribution in [0.25, 0.3) is 10.9 Å². The predicted octanol–water partition coefficient (Wildman–Crippen LogP) is 4.84. The van der Waals surface area contributed by atoms with Gasteiger partial charge in [-0.3, -0.25) is 4.79 Å². The van der Waals surface area contributed by atoms with E-state index < -0.39 is 5.60 Å². The Hall–Kier alpha value is -2.91. The molecule has 4 rings (SSSR count). The molecule has 0 atom stereocenters. The van der Waals surface area contributed by atoms with Crippen LogP contribution in [0.2, 0.25) is 0 Å². The average molecular weight is 568 g/mol. The first kappa shape index (κ1) is 31.0. The van der Waals surface area contributed by atoms with E-state index in [2.05, 4.69) is 34.5 Å². The summed E-state index contributed by atoms with van der Waals surface area (Å²) in [6.07, 6.45) is 5.98. The summed E-state index contributed by atoms with van der Waals surface area (Å²) >= 11 is 0. The zero-order valence-corrected chi connectivity index (χ0v) is 25.6. The van der Waals surface area contributed by atoms with Crippen LogP contribution < -0.4 is 15.5 Å². The molecule has 0 unspecified atom stereocenters. The van der Waals surface area contributed by atoms with Gasteiger partial charge in [-0.15, -0.1) is 0 Å². The van der Waals surface area contributed by atoms with Gasteiger partial charge in [0.25, 0.3) is 5.91 Å². The van der Waals surface area contributed by atoms with Crippen molar-refractivity contribution in [2.45, 2.75) is 71.0 Å². The van der Waals surface area contributed by atoms with E-state index in [1.165, 1.54) is 0 Å². The molecule has 9 nitrogen and oxygen atoms in total. The van der Waals surface area contributed by atoms with E-state index in [9.17, 15) is 9.59 Å². The van der Waals surface area contributed by atoms with Crippen molar-refractivity contribution in [1.82, 2.24) is 20.5 Å². The molecule has 2 aromatic rings. The third kappa shape index (κ3) is 9.57. The minimum absolute atomic E-state index is 0.0412. The summed E-state index contributed by atoms with van der Waals surface area (Å²) in [4.78, 5) is 34.8. The highest BCUT2D eigenvalue weighted by atomic mass is 16.6. The Labute approximate surface area is 245 Å². The molecule has 2 N–H and O–H groups in total. The lowest BCUT2D eigenvalue weighted by molar-refractivity contribution is 0.0293. The van der Waals surface area contributed by atoms with Gasteiger partial charge in [-0.1, -0.05) is 18.2 Å². The smallest absolute Gasteiger partial charge is 0.407 e. The van der Waals surface area contributed by atoms with E-state index in [1.807, 2.05) is 51.1 Å². The lowest BCUT2D eigenvalue weighted by atomic mass is 9.82. The van der Waals surface area contributed by atoms with Crippen molar-refractivity contribution in [2.24, 2.45) is 11.8 Å². The first-order chi connectivity index (χ1) is 19.6. The number of likely N-dealkylation sites (N-methyl/N-ethyl adjacent to an activating group) is 1. The number of benzene rings is 1. The molecule has 9 heteroatoms. The zero-order valence-electron chi connectivity index (χ0n) is 25.6. The number of amides is 2. The Kier molecular flexibility index (Phi) is 10.8. The number of carbonyl (C=O) groups is 2. The van der Waals surface area contributed by atoms with Crippen molar-refractivity contribution < 1.29 is 19.1 Å². The summed E-state index contributed by atoms with van der Waals surface area (Å²) in [5.41, 5.74) is 1.04. The molecule has 41 heavy (non-hydrogen) atoms. The first-order valence-electron chi connectivity index (χ1n) is 15.2. The molecular formula is C32H49N5O4. The molecule has 1 saturated heterocycles. The number of hydrogen-bond acceptors (Lipinski definition) is 7. The van der Waals surface area contributed by atoms with Crippen molar-refractivity contribution in [2.75, 3.05) is 58.3 Å². The van der Waals surface area contributed by atoms with Crippen LogP contribution in [-0.2, 0) is 9.47 Å². The topological polar surface area (TPSA) is 96.0 Å². The van der Waals surface area contributed by atoms with Crippen LogP contribution in [0.1, 0.15) is 69.7 Å². The van der Waals surface area contributed by atoms with E-state index in [0.29, 0.717) is 30.5 Å². The van der Waals surface area contributed by atoms with Gasteiger partial charge in [0.15, 0.2) is 0 Å². The lowest BCUT2D eigenvalue weighted by Gasteiger charge is -2.33. The van der Waals surface area contributed by atoms with Crippen molar-refractivity contribution in [3.63, 3.8) is 0 Å². The fraction of sp³-hybridized carbons (Fsp3) is 0.656. The zero-order chi connectivity index (χ0) is 29.4. The third-order valence-electron chi connectivity index (χ3n) is 8.06. The number of hydrogen-bond donors (Lipinski definition) is 2. The number of nitrogens with zero attached hydrogens (tertiary/aromatic N) is 3. The van der Waals surface area contributed by atoms with Crippen LogP contribution in [0.5, 0.6) is 0 Å². The second-order valence-corrected chi connectivity index (χ2v) is 12.9. The largest absolute Gasteiger partial charge is 0.444 e. The number of anilines is 1. The third-order valence-corrected chi connectivity index (χ3v) is 8.06. The summed E-state index contributed by atoms with van der Waals surface area (Å²) in [6.45, 7) is 10.3. The standard InChI is InChI=1S/C32H49N5O4/c1-32(2,3)41-31(39)34-22-24-12-10-23(11-13-24)21-33-30(38)27-20-29(35-28-9-7-6-8-26(27)28)37-16-14-25(15-17-37)40-19-18-36(4)5/h6-9,20,23-25H,10-19,21-22H2,1-5H3,(H,33,38)(H,34,39)/t23-,24-. The fourth-order valence-corrected chi connectivity index (χ4v) is 5.68. The molecule has 2 heterocycles. The molecule has 226 valence electrons. The second kappa shape index (κ2) is 14.3. The highest BCUT2D eigenvalue weighted by molar-refractivity contribution is 6.07. The minimum Gasteiger partial charge on any atom is -0.444 e. The number of ether oxygens (including phenoxy) is 2. The summed E-state index contributed by atoms with van der Waals surface area (Å²) < 4.78 is 11.4. The molecule has 2 aliphatic rings. The average Bonchev–Trinajstić information content (AvgIpc) is 2.94. The monoisotopic (exact) mass is 567 g/mol. The molecule has 0 bridgehead atoms. The van der Waals surface area contributed by atoms with Gasteiger partial charge in [0.1, 0.15) is 11.4 Å². The Morgan fingerprint density at radius 3 is 2.24 bits per heavy atom. The molecule has 1 saturated carbocycles. The van der Waals surface area contributed by atoms with Gasteiger partial charge in [0.05, 0.1) is 23.8 Å². The van der Waals surface area contributed by atoms with E-state index in [4.69, 9.17) is 14.5 Å². The van der Waals surface area contributed by atoms with Crippen molar-refractivity contribution >= 4 is 28.7 Å². The Balaban J connectivity index is 1.29. The van der Waals surface area contributed by atoms with Gasteiger partial charge in [0.2, 0.25) is 0 Å². The molecule has 1 aromatic carbocycles. The normalized spacial score (nSPS) is 20.3. The van der Waals surface area contributed by atoms with Gasteiger partial charge in [-0.2, -0.15) is 0 Å². The minimum atomic E-state index is -0.488. The highest BCUT2D eigenvalue weighted by Crippen LogP contribution is 2.29. The van der Waals surface area contributed by atoms with Gasteiger partial charge in [0, 0.05) is 38.1 Å². The molecule has 0 spiro atoms. The second-order valence-electron chi connectivity index (χ2n) is 12.9. The maximum Gasteiger partial charge on any atom is 0.407 e. The van der Waals surface area contributed by atoms with E-state index in [-0.39, 0.29) is 18.1 Å². The molecule has 1 aliphatic heterocycles. The number of fused-ring (bicyclic) bond motifs is 1. The van der Waals surface area contributed by atoms with Crippen molar-refractivity contribution in [3.8, 4) is 0 Å². The first-order valence-corrected chi connectivity index (χ1v) is 15.2. The number of piperidine rings is 1. The van der Waals surface area contributed by atoms with Crippen LogP contribution in [0, 0.1) is 11.8 Å². The molecule has 1 aliphatic carbocycles. The molecule has 0 radical (unpaired) electrons. The lowest BCUT2D eigenvalue weighted by Crippen LogP contribution is -2.38. The fourth-order valence-electron chi connectivity index (χ4n) is 5.68. The van der Waals surface area contributed by atoms with E-state index >= 15 is 0 Å². The number of rotatable bonds is 10. The van der Waals surface area contributed by atoms with Crippen LogP contribution in [0.3, 0.4) is 0 Å².